The van der Waals surface area contributed by atoms with Crippen molar-refractivity contribution in [3.05, 3.63) is 20.7 Å². The van der Waals surface area contributed by atoms with Crippen LogP contribution in [0.15, 0.2) is 0 Å². The minimum atomic E-state index is 0. The summed E-state index contributed by atoms with van der Waals surface area (Å²) in [5, 5.41) is 0. The Morgan fingerprint density at radius 1 is 1.00 bits per heavy atom. The van der Waals surface area contributed by atoms with Gasteiger partial charge in [0.25, 0.3) is 0 Å². The monoisotopic (exact) mass is 298 g/mol. The van der Waals surface area contributed by atoms with Crippen LogP contribution in [0.3, 0.4) is 0 Å². The Morgan fingerprint density at radius 3 is 1.00 bits per heavy atom. The van der Waals surface area contributed by atoms with Crippen molar-refractivity contribution in [3.8, 4) is 0 Å². The summed E-state index contributed by atoms with van der Waals surface area (Å²) in [5.74, 6) is 0. The van der Waals surface area contributed by atoms with Crippen LogP contribution in [0.1, 0.15) is 0 Å². The summed E-state index contributed by atoms with van der Waals surface area (Å²) < 4.78 is 15.0. The maximum atomic E-state index is 7.50. The van der Waals surface area contributed by atoms with Crippen LogP contribution in [0.5, 0.6) is 0 Å². The van der Waals surface area contributed by atoms with Gasteiger partial charge in [0, 0.05) is 0 Å². The van der Waals surface area contributed by atoms with E-state index >= 15 is 0 Å². The first-order valence-corrected chi connectivity index (χ1v) is 3.69. The van der Waals surface area contributed by atoms with Crippen molar-refractivity contribution in [3.63, 3.8) is 0 Å². The zero-order chi connectivity index (χ0) is 6.00. The van der Waals surface area contributed by atoms with E-state index in [1.54, 1.807) is 0 Å². The number of rotatable bonds is 0. The molecule has 0 unspecified atom stereocenters. The van der Waals surface area contributed by atoms with E-state index in [0.29, 0.717) is 0 Å². The van der Waals surface area contributed by atoms with Crippen LogP contribution in [0.4, 0.5) is 0 Å². The molecule has 0 aromatic carbocycles. The van der Waals surface area contributed by atoms with E-state index in [-0.39, 0.29) is 7.43 Å². The molecule has 0 aliphatic heterocycles. The molecule has 0 aromatic heterocycles. The van der Waals surface area contributed by atoms with Gasteiger partial charge in [-0.25, -0.2) is 0 Å². The van der Waals surface area contributed by atoms with Crippen LogP contribution in [-0.4, -0.2) is 0 Å². The van der Waals surface area contributed by atoms with Gasteiger partial charge in [-0.1, -0.05) is 0 Å². The Hall–Kier alpha value is 0.406. The fourth-order valence-electron chi connectivity index (χ4n) is 0. The summed E-state index contributed by atoms with van der Waals surface area (Å²) in [6, 6.07) is 0. The number of halogens is 1. The average molecular weight is 297 g/mol. The molecule has 0 aromatic rings. The molecular weight excluding hydrogens is 294 g/mol. The standard InChI is InChI=1S/2CO.CH3.ClH.Os/c2*1-2;;;/h;;1H3;1H;/q;;-1;;+1/p-1. The second-order valence-corrected chi connectivity index (χ2v) is 0. The molecule has 0 rings (SSSR count). The quantitative estimate of drug-likeness (QED) is 0.474. The van der Waals surface area contributed by atoms with Crippen molar-refractivity contribution >= 4 is 9.64 Å². The van der Waals surface area contributed by atoms with Crippen molar-refractivity contribution in [1.29, 1.82) is 0 Å². The third-order valence-corrected chi connectivity index (χ3v) is 0. The van der Waals surface area contributed by atoms with Crippen molar-refractivity contribution in [2.45, 2.75) is 0 Å². The Morgan fingerprint density at radius 2 is 1.00 bits per heavy atom. The van der Waals surface area contributed by atoms with E-state index in [1.165, 1.54) is 17.6 Å². The fraction of sp³-hybridized carbons (Fsp3) is 0. The number of hydrogen-bond donors (Lipinski definition) is 0. The SMILES string of the molecule is [C-]#[O+].[C-]#[O+].[CH3-].[Cl][Os]. The van der Waals surface area contributed by atoms with Gasteiger partial charge in [0.1, 0.15) is 0 Å². The van der Waals surface area contributed by atoms with Crippen molar-refractivity contribution in [2.24, 2.45) is 0 Å². The van der Waals surface area contributed by atoms with E-state index in [2.05, 4.69) is 22.9 Å². The first kappa shape index (κ1) is 26.2. The summed E-state index contributed by atoms with van der Waals surface area (Å²) in [7, 11) is 4.67. The Bertz CT molecular complexity index is 28.4. The van der Waals surface area contributed by atoms with Gasteiger partial charge in [0.05, 0.1) is 0 Å². The summed E-state index contributed by atoms with van der Waals surface area (Å²) in [5.41, 5.74) is 0. The molecule has 43 valence electrons. The zero-order valence-corrected chi connectivity index (χ0v) is 6.84. The molecule has 4 heteroatoms. The maximum absolute atomic E-state index is 7.50. The Labute approximate surface area is 57.6 Å². The third-order valence-electron chi connectivity index (χ3n) is 0. The van der Waals surface area contributed by atoms with Crippen molar-refractivity contribution < 1.29 is 26.9 Å². The molecule has 0 radical (unpaired) electrons. The Balaban J connectivity index is -0.00000000900. The van der Waals surface area contributed by atoms with Crippen molar-refractivity contribution in [1.82, 2.24) is 0 Å². The van der Waals surface area contributed by atoms with Gasteiger partial charge in [-0.05, 0) is 0 Å². The first-order chi connectivity index (χ1) is 3.00. The van der Waals surface area contributed by atoms with E-state index in [1.807, 2.05) is 0 Å². The number of hydrogen-bond acceptors (Lipinski definition) is 0. The van der Waals surface area contributed by atoms with E-state index in [0.717, 1.165) is 0 Å². The molecule has 0 aliphatic rings. The minimum absolute atomic E-state index is 0. The molecule has 0 bridgehead atoms. The molecule has 2 nitrogen and oxygen atoms in total. The topological polar surface area (TPSA) is 39.8 Å². The van der Waals surface area contributed by atoms with Crippen LogP contribution >= 0.6 is 9.64 Å². The summed E-state index contributed by atoms with van der Waals surface area (Å²) >= 11 is 1.33. The van der Waals surface area contributed by atoms with E-state index in [9.17, 15) is 0 Å². The van der Waals surface area contributed by atoms with Crippen molar-refractivity contribution in [2.75, 3.05) is 0 Å². The van der Waals surface area contributed by atoms with Gasteiger partial charge in [0.2, 0.25) is 0 Å². The van der Waals surface area contributed by atoms with Crippen LogP contribution in [0.2, 0.25) is 0 Å². The van der Waals surface area contributed by atoms with E-state index < -0.39 is 0 Å². The van der Waals surface area contributed by atoms with Crippen LogP contribution < -0.4 is 0 Å². The third kappa shape index (κ3) is 753. The molecule has 0 amide bonds. The van der Waals surface area contributed by atoms with Gasteiger partial charge in [-0.2, -0.15) is 0 Å². The molecule has 0 fully saturated rings. The average Bonchev–Trinajstić information content (AvgIpc) is 1.81. The summed E-state index contributed by atoms with van der Waals surface area (Å²) in [4.78, 5) is 0. The normalized spacial score (nSPS) is 1.43. The van der Waals surface area contributed by atoms with Gasteiger partial charge < -0.3 is 7.43 Å². The van der Waals surface area contributed by atoms with Crippen LogP contribution in [0.25, 0.3) is 0 Å². The molecule has 7 heavy (non-hydrogen) atoms. The second kappa shape index (κ2) is 1130. The van der Waals surface area contributed by atoms with Gasteiger partial charge >= 0.3 is 49.8 Å². The summed E-state index contributed by atoms with van der Waals surface area (Å²) in [6.45, 7) is 9.00. The second-order valence-electron chi connectivity index (χ2n) is 0. The molecule has 0 aliphatic carbocycles. The summed E-state index contributed by atoms with van der Waals surface area (Å²) in [6.07, 6.45) is 0. The predicted molar refractivity (Wildman–Crippen MR) is 20.1 cm³/mol. The van der Waals surface area contributed by atoms with Crippen LogP contribution in [-0.2, 0) is 26.9 Å². The first-order valence-electron chi connectivity index (χ1n) is 0.542. The van der Waals surface area contributed by atoms with Crippen LogP contribution in [0, 0.1) is 20.7 Å². The molecule has 0 spiro atoms. The fourth-order valence-corrected chi connectivity index (χ4v) is 0. The molecule has 0 heterocycles. The Kier molecular flexibility index (Phi) is 4240. The molecule has 0 saturated carbocycles. The van der Waals surface area contributed by atoms with Gasteiger partial charge in [0.15, 0.2) is 0 Å². The predicted octanol–water partition coefficient (Wildman–Crippen LogP) is 1.06. The molecule has 0 saturated heterocycles. The van der Waals surface area contributed by atoms with E-state index in [4.69, 9.17) is 9.30 Å². The molecule has 0 N–H and O–H groups in total. The van der Waals surface area contributed by atoms with Gasteiger partial charge in [-0.15, -0.1) is 0 Å². The van der Waals surface area contributed by atoms with Gasteiger partial charge in [-0.3, -0.25) is 0 Å². The zero-order valence-electron chi connectivity index (χ0n) is 3.55. The molecule has 0 atom stereocenters. The molecular formula is C3H3ClO2Os-.